The molecule has 30 heavy (non-hydrogen) atoms. The molecule has 0 bridgehead atoms. The fraction of sp³-hybridized carbons (Fsp3) is 0.176. The first-order valence-electron chi connectivity index (χ1n) is 8.32. The summed E-state index contributed by atoms with van der Waals surface area (Å²) in [5.74, 6) is 0.588. The Labute approximate surface area is 176 Å². The van der Waals surface area contributed by atoms with Crippen LogP contribution in [0.25, 0.3) is 16.0 Å². The van der Waals surface area contributed by atoms with Gasteiger partial charge in [-0.3, -0.25) is 0 Å². The molecular weight excluding hydrogens is 441 g/mol. The number of alkyl halides is 3. The van der Waals surface area contributed by atoms with Gasteiger partial charge in [0.15, 0.2) is 5.82 Å². The van der Waals surface area contributed by atoms with Crippen LogP contribution < -0.4 is 5.32 Å². The Hall–Kier alpha value is -3.30. The van der Waals surface area contributed by atoms with Crippen LogP contribution in [-0.4, -0.2) is 29.7 Å². The third kappa shape index (κ3) is 3.64. The number of nitrogens with zero attached hydrogens (tertiary/aromatic N) is 7. The Balaban J connectivity index is 1.73. The largest absolute Gasteiger partial charge is 0.418 e. The maximum Gasteiger partial charge on any atom is 0.418 e. The highest BCUT2D eigenvalue weighted by molar-refractivity contribution is 7.14. The van der Waals surface area contributed by atoms with Gasteiger partial charge in [-0.05, 0) is 19.1 Å². The summed E-state index contributed by atoms with van der Waals surface area (Å²) in [6, 6.07) is 3.67. The fourth-order valence-electron chi connectivity index (χ4n) is 2.84. The topological polar surface area (TPSA) is 105 Å². The van der Waals surface area contributed by atoms with Crippen LogP contribution in [0.3, 0.4) is 0 Å². The lowest BCUT2D eigenvalue weighted by Gasteiger charge is -2.17. The molecule has 0 fully saturated rings. The number of benzene rings is 1. The minimum absolute atomic E-state index is 0.0877. The maximum atomic E-state index is 13.4. The standard InChI is InChI=1S/C17H10ClF3N8S/c1-8(15-26-7-27-29(15)16-23-5-10(4-22)30-16)28-14-11-2-9(18)3-12(17(19,20)21)13(11)24-6-25-14/h2-3,5-8H,1H3,(H,24,25,28). The molecule has 0 saturated heterocycles. The highest BCUT2D eigenvalue weighted by Crippen LogP contribution is 2.38. The average molecular weight is 451 g/mol. The van der Waals surface area contributed by atoms with Crippen molar-refractivity contribution >= 4 is 39.7 Å². The van der Waals surface area contributed by atoms with Gasteiger partial charge in [0.25, 0.3) is 0 Å². The van der Waals surface area contributed by atoms with E-state index in [-0.39, 0.29) is 21.7 Å². The van der Waals surface area contributed by atoms with Gasteiger partial charge in [0.05, 0.1) is 23.3 Å². The predicted octanol–water partition coefficient (Wildman–Crippen LogP) is 4.38. The smallest absolute Gasteiger partial charge is 0.360 e. The van der Waals surface area contributed by atoms with Gasteiger partial charge in [-0.2, -0.15) is 28.2 Å². The van der Waals surface area contributed by atoms with Gasteiger partial charge in [-0.1, -0.05) is 22.9 Å². The highest BCUT2D eigenvalue weighted by Gasteiger charge is 2.34. The van der Waals surface area contributed by atoms with Crippen molar-refractivity contribution in [3.63, 3.8) is 0 Å². The lowest BCUT2D eigenvalue weighted by atomic mass is 10.1. The van der Waals surface area contributed by atoms with Crippen molar-refractivity contribution in [3.05, 3.63) is 52.3 Å². The van der Waals surface area contributed by atoms with Gasteiger partial charge in [-0.15, -0.1) is 0 Å². The molecule has 0 saturated carbocycles. The summed E-state index contributed by atoms with van der Waals surface area (Å²) in [7, 11) is 0. The molecule has 4 rings (SSSR count). The van der Waals surface area contributed by atoms with E-state index >= 15 is 0 Å². The SMILES string of the molecule is CC(Nc1ncnc2c(C(F)(F)F)cc(Cl)cc12)c1ncnn1-c1ncc(C#N)s1. The second-order valence-electron chi connectivity index (χ2n) is 6.08. The van der Waals surface area contributed by atoms with E-state index in [4.69, 9.17) is 16.9 Å². The molecule has 8 nitrogen and oxygen atoms in total. The van der Waals surface area contributed by atoms with Crippen LogP contribution in [0.15, 0.2) is 31.0 Å². The monoisotopic (exact) mass is 450 g/mol. The predicted molar refractivity (Wildman–Crippen MR) is 103 cm³/mol. The number of rotatable bonds is 4. The number of hydrogen-bond donors (Lipinski definition) is 1. The van der Waals surface area contributed by atoms with E-state index in [1.54, 1.807) is 6.92 Å². The van der Waals surface area contributed by atoms with E-state index < -0.39 is 17.8 Å². The number of hydrogen-bond acceptors (Lipinski definition) is 8. The molecule has 0 spiro atoms. The number of fused-ring (bicyclic) bond motifs is 1. The molecule has 1 aromatic carbocycles. The van der Waals surface area contributed by atoms with Gasteiger partial charge < -0.3 is 5.32 Å². The summed E-state index contributed by atoms with van der Waals surface area (Å²) in [6.45, 7) is 1.74. The number of halogens is 4. The Morgan fingerprint density at radius 1 is 1.20 bits per heavy atom. The summed E-state index contributed by atoms with van der Waals surface area (Å²) >= 11 is 7.05. The Bertz CT molecular complexity index is 1280. The minimum Gasteiger partial charge on any atom is -0.360 e. The molecule has 3 heterocycles. The normalized spacial score (nSPS) is 12.7. The molecule has 0 amide bonds. The second-order valence-corrected chi connectivity index (χ2v) is 7.53. The summed E-state index contributed by atoms with van der Waals surface area (Å²) in [5.41, 5.74) is -1.21. The van der Waals surface area contributed by atoms with Crippen molar-refractivity contribution in [3.8, 4) is 11.2 Å². The van der Waals surface area contributed by atoms with Gasteiger partial charge in [0, 0.05) is 10.4 Å². The van der Waals surface area contributed by atoms with Crippen molar-refractivity contribution in [2.45, 2.75) is 19.1 Å². The van der Waals surface area contributed by atoms with E-state index in [0.29, 0.717) is 15.8 Å². The van der Waals surface area contributed by atoms with E-state index in [1.165, 1.54) is 23.3 Å². The summed E-state index contributed by atoms with van der Waals surface area (Å²) in [6.07, 6.45) is -0.838. The number of nitriles is 1. The average Bonchev–Trinajstić information content (AvgIpc) is 3.36. The second kappa shape index (κ2) is 7.51. The van der Waals surface area contributed by atoms with E-state index in [1.807, 2.05) is 6.07 Å². The Morgan fingerprint density at radius 3 is 2.70 bits per heavy atom. The van der Waals surface area contributed by atoms with Crippen LogP contribution in [0.1, 0.15) is 29.2 Å². The molecule has 0 radical (unpaired) electrons. The van der Waals surface area contributed by atoms with Gasteiger partial charge >= 0.3 is 6.18 Å². The molecular formula is C17H10ClF3N8S. The first-order valence-corrected chi connectivity index (χ1v) is 9.51. The first kappa shape index (κ1) is 20.0. The molecule has 0 aliphatic carbocycles. The third-order valence-electron chi connectivity index (χ3n) is 4.11. The van der Waals surface area contributed by atoms with Crippen LogP contribution in [0.4, 0.5) is 19.0 Å². The maximum absolute atomic E-state index is 13.4. The molecule has 4 aromatic rings. The Morgan fingerprint density at radius 2 is 2.00 bits per heavy atom. The lowest BCUT2D eigenvalue weighted by molar-refractivity contribution is -0.136. The van der Waals surface area contributed by atoms with Crippen LogP contribution in [-0.2, 0) is 6.18 Å². The summed E-state index contributed by atoms with van der Waals surface area (Å²) in [5, 5.41) is 16.6. The molecule has 1 atom stereocenters. The molecule has 0 aliphatic heterocycles. The van der Waals surface area contributed by atoms with Crippen molar-refractivity contribution in [1.82, 2.24) is 29.7 Å². The fourth-order valence-corrected chi connectivity index (χ4v) is 3.74. The van der Waals surface area contributed by atoms with Crippen LogP contribution >= 0.6 is 22.9 Å². The molecule has 1 unspecified atom stereocenters. The Kier molecular flexibility index (Phi) is 5.00. The first-order chi connectivity index (χ1) is 14.3. The molecule has 0 aliphatic rings. The van der Waals surface area contributed by atoms with E-state index in [2.05, 4.69) is 30.4 Å². The van der Waals surface area contributed by atoms with Crippen LogP contribution in [0.2, 0.25) is 5.02 Å². The molecule has 152 valence electrons. The molecule has 1 N–H and O–H groups in total. The summed E-state index contributed by atoms with van der Waals surface area (Å²) < 4.78 is 41.6. The number of thiazole rings is 1. The zero-order valence-corrected chi connectivity index (χ0v) is 16.6. The third-order valence-corrected chi connectivity index (χ3v) is 5.20. The molecule has 3 aromatic heterocycles. The quantitative estimate of drug-likeness (QED) is 0.491. The lowest BCUT2D eigenvalue weighted by Crippen LogP contribution is -2.15. The molecule has 13 heteroatoms. The number of aromatic nitrogens is 6. The van der Waals surface area contributed by atoms with Crippen LogP contribution in [0.5, 0.6) is 0 Å². The minimum atomic E-state index is -4.62. The number of anilines is 1. The van der Waals surface area contributed by atoms with Crippen LogP contribution in [0, 0.1) is 11.3 Å². The summed E-state index contributed by atoms with van der Waals surface area (Å²) in [4.78, 5) is 16.6. The zero-order valence-electron chi connectivity index (χ0n) is 15.0. The van der Waals surface area contributed by atoms with E-state index in [0.717, 1.165) is 23.7 Å². The van der Waals surface area contributed by atoms with Crippen molar-refractivity contribution in [2.75, 3.05) is 5.32 Å². The highest BCUT2D eigenvalue weighted by atomic mass is 35.5. The van der Waals surface area contributed by atoms with Gasteiger partial charge in [0.2, 0.25) is 5.13 Å². The van der Waals surface area contributed by atoms with Gasteiger partial charge in [0.1, 0.15) is 29.4 Å². The van der Waals surface area contributed by atoms with E-state index in [9.17, 15) is 13.2 Å². The van der Waals surface area contributed by atoms with Gasteiger partial charge in [-0.25, -0.2) is 19.9 Å². The zero-order chi connectivity index (χ0) is 21.5. The van der Waals surface area contributed by atoms with Crippen molar-refractivity contribution in [2.24, 2.45) is 0 Å². The van der Waals surface area contributed by atoms with Crippen molar-refractivity contribution in [1.29, 1.82) is 5.26 Å². The van der Waals surface area contributed by atoms with Crippen molar-refractivity contribution < 1.29 is 13.2 Å². The number of nitrogens with one attached hydrogen (secondary N) is 1.